The van der Waals surface area contributed by atoms with E-state index in [2.05, 4.69) is 4.74 Å². The summed E-state index contributed by atoms with van der Waals surface area (Å²) in [6.45, 7) is 1.69. The second-order valence-corrected chi connectivity index (χ2v) is 7.04. The zero-order valence-electron chi connectivity index (χ0n) is 17.5. The Balaban J connectivity index is 2.19. The molecular formula is C24H20F3NO5. The molecule has 2 N–H and O–H groups in total. The Kier molecular flexibility index (Phi) is 8.40. The van der Waals surface area contributed by atoms with Crippen molar-refractivity contribution in [2.75, 3.05) is 0 Å². The van der Waals surface area contributed by atoms with Crippen LogP contribution >= 0.6 is 0 Å². The highest BCUT2D eigenvalue weighted by atomic mass is 19.4. The maximum absolute atomic E-state index is 12.6. The molecule has 0 bridgehead atoms. The highest BCUT2D eigenvalue weighted by Gasteiger charge is 2.32. The summed E-state index contributed by atoms with van der Waals surface area (Å²) >= 11 is 0. The molecule has 0 fully saturated rings. The van der Waals surface area contributed by atoms with E-state index in [-0.39, 0.29) is 24.2 Å². The van der Waals surface area contributed by atoms with Gasteiger partial charge in [0.05, 0.1) is 12.0 Å². The quantitative estimate of drug-likeness (QED) is 0.400. The molecule has 2 aromatic rings. The van der Waals surface area contributed by atoms with Gasteiger partial charge < -0.3 is 14.9 Å². The standard InChI is InChI=1S/C24H20F3NO5/c1-15-13-16(4-8-19(15)29)5-9-20(30)18(3-2-12-28)21(31)10-6-17-7-11-22(32)23(14-17)33-24(25,26)27/h4-11,13-14,18,29,32H,2-3H2,1H3/b9-5+,10-6+. The van der Waals surface area contributed by atoms with Gasteiger partial charge in [-0.3, -0.25) is 9.59 Å². The molecule has 2 rings (SSSR count). The number of benzene rings is 2. The van der Waals surface area contributed by atoms with Gasteiger partial charge in [0.1, 0.15) is 5.75 Å². The van der Waals surface area contributed by atoms with Crippen LogP contribution in [0.1, 0.15) is 29.5 Å². The van der Waals surface area contributed by atoms with Crippen LogP contribution in [0.4, 0.5) is 13.2 Å². The molecule has 1 unspecified atom stereocenters. The predicted octanol–water partition coefficient (Wildman–Crippen LogP) is 5.09. The van der Waals surface area contributed by atoms with Gasteiger partial charge in [0.15, 0.2) is 23.1 Å². The number of phenols is 2. The van der Waals surface area contributed by atoms with Crippen LogP contribution in [0.3, 0.4) is 0 Å². The molecule has 0 radical (unpaired) electrons. The highest BCUT2D eigenvalue weighted by Crippen LogP contribution is 2.32. The van der Waals surface area contributed by atoms with E-state index >= 15 is 0 Å². The van der Waals surface area contributed by atoms with E-state index in [0.717, 1.165) is 18.2 Å². The normalized spacial score (nSPS) is 12.6. The summed E-state index contributed by atoms with van der Waals surface area (Å²) in [6.07, 6.45) is -0.193. The van der Waals surface area contributed by atoms with E-state index in [1.807, 2.05) is 6.07 Å². The molecule has 0 aromatic heterocycles. The van der Waals surface area contributed by atoms with E-state index in [1.54, 1.807) is 19.1 Å². The molecule has 0 aliphatic carbocycles. The van der Waals surface area contributed by atoms with Crippen molar-refractivity contribution in [3.05, 3.63) is 65.2 Å². The maximum Gasteiger partial charge on any atom is 0.573 e. The Hall–Kier alpha value is -4.06. The van der Waals surface area contributed by atoms with Gasteiger partial charge in [-0.05, 0) is 66.5 Å². The molecule has 1 atom stereocenters. The molecule has 0 saturated carbocycles. The molecule has 0 heterocycles. The second-order valence-electron chi connectivity index (χ2n) is 7.04. The number of nitriles is 1. The van der Waals surface area contributed by atoms with E-state index in [0.29, 0.717) is 11.1 Å². The third-order valence-corrected chi connectivity index (χ3v) is 4.54. The number of ether oxygens (including phenoxy) is 1. The predicted molar refractivity (Wildman–Crippen MR) is 114 cm³/mol. The first-order valence-electron chi connectivity index (χ1n) is 9.69. The van der Waals surface area contributed by atoms with Gasteiger partial charge in [-0.15, -0.1) is 13.2 Å². The zero-order valence-corrected chi connectivity index (χ0v) is 17.5. The molecule has 0 aliphatic rings. The number of alkyl halides is 3. The molecule has 0 amide bonds. The smallest absolute Gasteiger partial charge is 0.508 e. The average molecular weight is 459 g/mol. The van der Waals surface area contributed by atoms with Gasteiger partial charge in [0.25, 0.3) is 0 Å². The molecule has 0 aliphatic heterocycles. The van der Waals surface area contributed by atoms with Crippen molar-refractivity contribution in [2.24, 2.45) is 5.92 Å². The Labute approximate surface area is 187 Å². The first-order valence-corrected chi connectivity index (χ1v) is 9.69. The zero-order chi connectivity index (χ0) is 24.6. The van der Waals surface area contributed by atoms with Crippen LogP contribution in [-0.4, -0.2) is 28.1 Å². The summed E-state index contributed by atoms with van der Waals surface area (Å²) in [7, 11) is 0. The van der Waals surface area contributed by atoms with Crippen molar-refractivity contribution in [3.63, 3.8) is 0 Å². The largest absolute Gasteiger partial charge is 0.573 e. The number of rotatable bonds is 9. The summed E-state index contributed by atoms with van der Waals surface area (Å²) in [5.74, 6) is -3.79. The number of phenolic OH excluding ortho intramolecular Hbond substituents is 2. The van der Waals surface area contributed by atoms with Gasteiger partial charge >= 0.3 is 6.36 Å². The number of nitrogens with zero attached hydrogens (tertiary/aromatic N) is 1. The number of aryl methyl sites for hydroxylation is 1. The number of halogens is 3. The first kappa shape index (κ1) is 25.2. The Morgan fingerprint density at radius 3 is 2.09 bits per heavy atom. The fourth-order valence-electron chi connectivity index (χ4n) is 2.85. The molecule has 33 heavy (non-hydrogen) atoms. The fourth-order valence-corrected chi connectivity index (χ4v) is 2.85. The second kappa shape index (κ2) is 11.0. The minimum absolute atomic E-state index is 0.0323. The maximum atomic E-state index is 12.6. The van der Waals surface area contributed by atoms with Crippen LogP contribution in [0.15, 0.2) is 48.6 Å². The lowest BCUT2D eigenvalue weighted by molar-refractivity contribution is -0.275. The number of carbonyl (C=O) groups is 2. The van der Waals surface area contributed by atoms with Gasteiger partial charge in [0, 0.05) is 6.42 Å². The van der Waals surface area contributed by atoms with Gasteiger partial charge in [-0.1, -0.05) is 24.3 Å². The van der Waals surface area contributed by atoms with Crippen molar-refractivity contribution in [3.8, 4) is 23.3 Å². The van der Waals surface area contributed by atoms with Crippen molar-refractivity contribution < 1.29 is 37.7 Å². The SMILES string of the molecule is Cc1cc(/C=C/C(=O)C(CCC#N)C(=O)/C=C/c2ccc(O)c(OC(F)(F)F)c2)ccc1O. The number of ketones is 2. The fraction of sp³-hybridized carbons (Fsp3) is 0.208. The first-order chi connectivity index (χ1) is 15.5. The van der Waals surface area contributed by atoms with Gasteiger partial charge in [0.2, 0.25) is 0 Å². The van der Waals surface area contributed by atoms with Crippen molar-refractivity contribution >= 4 is 23.7 Å². The van der Waals surface area contributed by atoms with E-state index in [9.17, 15) is 33.0 Å². The van der Waals surface area contributed by atoms with E-state index < -0.39 is 35.3 Å². The van der Waals surface area contributed by atoms with E-state index in [4.69, 9.17) is 5.26 Å². The van der Waals surface area contributed by atoms with Crippen molar-refractivity contribution in [1.29, 1.82) is 5.26 Å². The Morgan fingerprint density at radius 1 is 1.03 bits per heavy atom. The molecule has 172 valence electrons. The monoisotopic (exact) mass is 459 g/mol. The van der Waals surface area contributed by atoms with E-state index in [1.165, 1.54) is 30.4 Å². The summed E-state index contributed by atoms with van der Waals surface area (Å²) < 4.78 is 41.0. The van der Waals surface area contributed by atoms with Crippen LogP contribution < -0.4 is 4.74 Å². The summed E-state index contributed by atoms with van der Waals surface area (Å²) in [4.78, 5) is 25.2. The number of carbonyl (C=O) groups excluding carboxylic acids is 2. The minimum atomic E-state index is -5.01. The van der Waals surface area contributed by atoms with Gasteiger partial charge in [-0.2, -0.15) is 5.26 Å². The van der Waals surface area contributed by atoms with Crippen LogP contribution in [0.5, 0.6) is 17.2 Å². The van der Waals surface area contributed by atoms with Crippen LogP contribution in [0.2, 0.25) is 0 Å². The van der Waals surface area contributed by atoms with Gasteiger partial charge in [-0.25, -0.2) is 0 Å². The third kappa shape index (κ3) is 7.85. The molecule has 0 saturated heterocycles. The molecule has 9 heteroatoms. The summed E-state index contributed by atoms with van der Waals surface area (Å²) in [6, 6.07) is 9.71. The Bertz CT molecular complexity index is 1130. The lowest BCUT2D eigenvalue weighted by atomic mass is 9.92. The lowest BCUT2D eigenvalue weighted by Gasteiger charge is -2.11. The van der Waals surface area contributed by atoms with Crippen LogP contribution in [0.25, 0.3) is 12.2 Å². The highest BCUT2D eigenvalue weighted by molar-refractivity contribution is 6.13. The molecule has 0 spiro atoms. The van der Waals surface area contributed by atoms with Crippen LogP contribution in [0, 0.1) is 24.2 Å². The molecule has 6 nitrogen and oxygen atoms in total. The molecule has 2 aromatic carbocycles. The van der Waals surface area contributed by atoms with Crippen molar-refractivity contribution in [2.45, 2.75) is 26.1 Å². The summed E-state index contributed by atoms with van der Waals surface area (Å²) in [5.41, 5.74) is 1.36. The van der Waals surface area contributed by atoms with Crippen molar-refractivity contribution in [1.82, 2.24) is 0 Å². The average Bonchev–Trinajstić information content (AvgIpc) is 2.74. The third-order valence-electron chi connectivity index (χ3n) is 4.54. The minimum Gasteiger partial charge on any atom is -0.508 e. The Morgan fingerprint density at radius 2 is 1.58 bits per heavy atom. The number of hydrogen-bond donors (Lipinski definition) is 2. The molecular weight excluding hydrogens is 439 g/mol. The summed E-state index contributed by atoms with van der Waals surface area (Å²) in [5, 5.41) is 27.9. The number of allylic oxidation sites excluding steroid dienone is 2. The van der Waals surface area contributed by atoms with Crippen LogP contribution in [-0.2, 0) is 9.59 Å². The lowest BCUT2D eigenvalue weighted by Crippen LogP contribution is -2.21. The number of aromatic hydroxyl groups is 2. The topological polar surface area (TPSA) is 108 Å². The number of hydrogen-bond acceptors (Lipinski definition) is 6.